The molecule has 0 saturated heterocycles. The zero-order chi connectivity index (χ0) is 20.8. The molecular formula is C22H24N2O5. The summed E-state index contributed by atoms with van der Waals surface area (Å²) >= 11 is 0. The molecule has 2 aromatic carbocycles. The van der Waals surface area contributed by atoms with Crippen molar-refractivity contribution in [2.24, 2.45) is 0 Å². The minimum Gasteiger partial charge on any atom is -0.496 e. The average molecular weight is 396 g/mol. The summed E-state index contributed by atoms with van der Waals surface area (Å²) in [6.45, 7) is 5.00. The molecule has 7 nitrogen and oxygen atoms in total. The smallest absolute Gasteiger partial charge is 0.270 e. The molecule has 29 heavy (non-hydrogen) atoms. The molecule has 0 saturated carbocycles. The van der Waals surface area contributed by atoms with Gasteiger partial charge in [0, 0.05) is 13.1 Å². The first kappa shape index (κ1) is 20.3. The van der Waals surface area contributed by atoms with Crippen LogP contribution in [0.2, 0.25) is 0 Å². The molecule has 1 N–H and O–H groups in total. The first-order valence-corrected chi connectivity index (χ1v) is 9.42. The highest BCUT2D eigenvalue weighted by Gasteiger charge is 2.21. The van der Waals surface area contributed by atoms with Gasteiger partial charge in [0.25, 0.3) is 11.8 Å². The molecule has 0 spiro atoms. The standard InChI is InChI=1S/C22H24N2O5/c1-4-24(5-2)22(26)17(12-15-10-11-19-20(13-15)29-14-28-19)23-21(25)16-8-6-7-9-18(16)27-3/h6-13H,4-5,14H2,1-3H3,(H,23,25)/b17-12+. The second-order valence-electron chi connectivity index (χ2n) is 6.30. The number of nitrogens with one attached hydrogen (secondary N) is 1. The molecule has 3 rings (SSSR count). The predicted molar refractivity (Wildman–Crippen MR) is 109 cm³/mol. The Labute approximate surface area is 169 Å². The third-order valence-electron chi connectivity index (χ3n) is 4.59. The van der Waals surface area contributed by atoms with E-state index in [-0.39, 0.29) is 18.4 Å². The maximum atomic E-state index is 13.0. The lowest BCUT2D eigenvalue weighted by molar-refractivity contribution is -0.127. The van der Waals surface area contributed by atoms with Gasteiger partial charge in [-0.3, -0.25) is 9.59 Å². The van der Waals surface area contributed by atoms with E-state index in [1.165, 1.54) is 7.11 Å². The molecule has 0 aromatic heterocycles. The van der Waals surface area contributed by atoms with Crippen LogP contribution in [-0.2, 0) is 4.79 Å². The quantitative estimate of drug-likeness (QED) is 0.728. The van der Waals surface area contributed by atoms with Gasteiger partial charge in [0.2, 0.25) is 6.79 Å². The van der Waals surface area contributed by atoms with Gasteiger partial charge in [-0.05, 0) is 49.8 Å². The van der Waals surface area contributed by atoms with Gasteiger partial charge in [0.1, 0.15) is 11.4 Å². The minimum atomic E-state index is -0.421. The molecule has 0 aliphatic carbocycles. The lowest BCUT2D eigenvalue weighted by Crippen LogP contribution is -2.38. The number of amides is 2. The molecule has 0 bridgehead atoms. The molecule has 1 aliphatic rings. The molecule has 7 heteroatoms. The molecule has 0 atom stereocenters. The van der Waals surface area contributed by atoms with Crippen molar-refractivity contribution < 1.29 is 23.8 Å². The van der Waals surface area contributed by atoms with Gasteiger partial charge in [-0.2, -0.15) is 0 Å². The van der Waals surface area contributed by atoms with Gasteiger partial charge in [0.15, 0.2) is 11.5 Å². The summed E-state index contributed by atoms with van der Waals surface area (Å²) in [5, 5.41) is 2.75. The third-order valence-corrected chi connectivity index (χ3v) is 4.59. The van der Waals surface area contributed by atoms with Crippen molar-refractivity contribution in [1.82, 2.24) is 10.2 Å². The predicted octanol–water partition coefficient (Wildman–Crippen LogP) is 3.06. The monoisotopic (exact) mass is 396 g/mol. The Morgan fingerprint density at radius 1 is 1.10 bits per heavy atom. The minimum absolute atomic E-state index is 0.165. The van der Waals surface area contributed by atoms with Crippen molar-refractivity contribution in [1.29, 1.82) is 0 Å². The summed E-state index contributed by atoms with van der Waals surface area (Å²) < 4.78 is 16.0. The second-order valence-corrected chi connectivity index (χ2v) is 6.30. The highest BCUT2D eigenvalue weighted by Crippen LogP contribution is 2.33. The van der Waals surface area contributed by atoms with Crippen molar-refractivity contribution in [2.75, 3.05) is 27.0 Å². The Bertz CT molecular complexity index is 935. The zero-order valence-electron chi connectivity index (χ0n) is 16.7. The average Bonchev–Trinajstić information content (AvgIpc) is 3.21. The molecule has 1 heterocycles. The summed E-state index contributed by atoms with van der Waals surface area (Å²) in [5.41, 5.74) is 1.23. The third kappa shape index (κ3) is 4.51. The fourth-order valence-corrected chi connectivity index (χ4v) is 3.02. The largest absolute Gasteiger partial charge is 0.496 e. The lowest BCUT2D eigenvalue weighted by atomic mass is 10.1. The fraction of sp³-hybridized carbons (Fsp3) is 0.273. The SMILES string of the molecule is CCN(CC)C(=O)/C(=C\c1ccc2c(c1)OCO2)NC(=O)c1ccccc1OC. The molecule has 0 unspecified atom stereocenters. The molecule has 0 fully saturated rings. The second kappa shape index (κ2) is 9.14. The van der Waals surface area contributed by atoms with E-state index in [4.69, 9.17) is 14.2 Å². The van der Waals surface area contributed by atoms with E-state index in [2.05, 4.69) is 5.32 Å². The number of hydrogen-bond acceptors (Lipinski definition) is 5. The van der Waals surface area contributed by atoms with E-state index < -0.39 is 5.91 Å². The summed E-state index contributed by atoms with van der Waals surface area (Å²) in [5.74, 6) is 0.995. The van der Waals surface area contributed by atoms with Gasteiger partial charge in [0.05, 0.1) is 12.7 Å². The van der Waals surface area contributed by atoms with Gasteiger partial charge in [-0.25, -0.2) is 0 Å². The number of nitrogens with zero attached hydrogens (tertiary/aromatic N) is 1. The number of carbonyl (C=O) groups excluding carboxylic acids is 2. The summed E-state index contributed by atoms with van der Waals surface area (Å²) in [6.07, 6.45) is 1.63. The molecule has 2 aromatic rings. The Balaban J connectivity index is 1.94. The van der Waals surface area contributed by atoms with Crippen LogP contribution in [0.25, 0.3) is 6.08 Å². The summed E-state index contributed by atoms with van der Waals surface area (Å²) in [7, 11) is 1.50. The zero-order valence-corrected chi connectivity index (χ0v) is 16.7. The summed E-state index contributed by atoms with van der Waals surface area (Å²) in [4.78, 5) is 27.5. The number of carbonyl (C=O) groups is 2. The van der Waals surface area contributed by atoms with Crippen LogP contribution in [0.3, 0.4) is 0 Å². The van der Waals surface area contributed by atoms with E-state index in [9.17, 15) is 9.59 Å². The van der Waals surface area contributed by atoms with Crippen LogP contribution in [0, 0.1) is 0 Å². The number of likely N-dealkylation sites (N-methyl/N-ethyl adjacent to an activating group) is 1. The van der Waals surface area contributed by atoms with Crippen molar-refractivity contribution in [2.45, 2.75) is 13.8 Å². The molecule has 152 valence electrons. The van der Waals surface area contributed by atoms with Crippen molar-refractivity contribution in [3.63, 3.8) is 0 Å². The molecule has 0 radical (unpaired) electrons. The van der Waals surface area contributed by atoms with Crippen LogP contribution in [0.15, 0.2) is 48.2 Å². The topological polar surface area (TPSA) is 77.1 Å². The molecule has 2 amide bonds. The number of para-hydroxylation sites is 1. The van der Waals surface area contributed by atoms with E-state index in [1.807, 2.05) is 13.8 Å². The van der Waals surface area contributed by atoms with Crippen molar-refractivity contribution >= 4 is 17.9 Å². The highest BCUT2D eigenvalue weighted by molar-refractivity contribution is 6.06. The van der Waals surface area contributed by atoms with Crippen LogP contribution >= 0.6 is 0 Å². The normalized spacial score (nSPS) is 12.4. The van der Waals surface area contributed by atoms with Crippen molar-refractivity contribution in [3.05, 3.63) is 59.3 Å². The Morgan fingerprint density at radius 2 is 1.83 bits per heavy atom. The fourth-order valence-electron chi connectivity index (χ4n) is 3.02. The Morgan fingerprint density at radius 3 is 2.55 bits per heavy atom. The summed E-state index contributed by atoms with van der Waals surface area (Å²) in [6, 6.07) is 12.2. The van der Waals surface area contributed by atoms with Gasteiger partial charge >= 0.3 is 0 Å². The van der Waals surface area contributed by atoms with E-state index >= 15 is 0 Å². The highest BCUT2D eigenvalue weighted by atomic mass is 16.7. The van der Waals surface area contributed by atoms with Gasteiger partial charge in [-0.1, -0.05) is 18.2 Å². The van der Waals surface area contributed by atoms with Crippen molar-refractivity contribution in [3.8, 4) is 17.2 Å². The number of rotatable bonds is 7. The molecule has 1 aliphatic heterocycles. The maximum Gasteiger partial charge on any atom is 0.270 e. The number of benzene rings is 2. The van der Waals surface area contributed by atoms with Crippen LogP contribution in [0.5, 0.6) is 17.2 Å². The van der Waals surface area contributed by atoms with E-state index in [0.717, 1.165) is 0 Å². The number of hydrogen-bond donors (Lipinski definition) is 1. The lowest BCUT2D eigenvalue weighted by Gasteiger charge is -2.21. The van der Waals surface area contributed by atoms with Crippen LogP contribution in [0.4, 0.5) is 0 Å². The Kier molecular flexibility index (Phi) is 6.39. The Hall–Kier alpha value is -3.48. The van der Waals surface area contributed by atoms with Crippen LogP contribution in [-0.4, -0.2) is 43.7 Å². The van der Waals surface area contributed by atoms with E-state index in [0.29, 0.717) is 41.5 Å². The van der Waals surface area contributed by atoms with E-state index in [1.54, 1.807) is 53.4 Å². The van der Waals surface area contributed by atoms with Gasteiger partial charge < -0.3 is 24.4 Å². The molecular weight excluding hydrogens is 372 g/mol. The van der Waals surface area contributed by atoms with Crippen LogP contribution in [0.1, 0.15) is 29.8 Å². The first-order chi connectivity index (χ1) is 14.1. The first-order valence-electron chi connectivity index (χ1n) is 9.42. The van der Waals surface area contributed by atoms with Gasteiger partial charge in [-0.15, -0.1) is 0 Å². The number of ether oxygens (including phenoxy) is 3. The number of methoxy groups -OCH3 is 1. The maximum absolute atomic E-state index is 13.0. The number of fused-ring (bicyclic) bond motifs is 1. The van der Waals surface area contributed by atoms with Crippen LogP contribution < -0.4 is 19.5 Å².